The van der Waals surface area contributed by atoms with E-state index in [2.05, 4.69) is 39.6 Å². The molecule has 0 fully saturated rings. The molecular weight excluding hydrogens is 274 g/mol. The van der Waals surface area contributed by atoms with Crippen molar-refractivity contribution in [3.05, 3.63) is 41.7 Å². The lowest BCUT2D eigenvalue weighted by atomic mass is 9.95. The number of benzene rings is 1. The van der Waals surface area contributed by atoms with Crippen molar-refractivity contribution in [3.8, 4) is 11.3 Å². The summed E-state index contributed by atoms with van der Waals surface area (Å²) < 4.78 is 0. The van der Waals surface area contributed by atoms with E-state index in [0.29, 0.717) is 6.54 Å². The first kappa shape index (κ1) is 15.0. The van der Waals surface area contributed by atoms with Gasteiger partial charge in [-0.2, -0.15) is 0 Å². The second-order valence-corrected chi connectivity index (χ2v) is 6.74. The van der Waals surface area contributed by atoms with Gasteiger partial charge < -0.3 is 10.4 Å². The van der Waals surface area contributed by atoms with Crippen molar-refractivity contribution in [2.24, 2.45) is 5.41 Å². The van der Waals surface area contributed by atoms with Crippen LogP contribution in [0.3, 0.4) is 0 Å². The summed E-state index contributed by atoms with van der Waals surface area (Å²) in [6.07, 6.45) is 4.80. The Kier molecular flexibility index (Phi) is 4.12. The zero-order valence-corrected chi connectivity index (χ0v) is 13.3. The van der Waals surface area contributed by atoms with E-state index < -0.39 is 0 Å². The highest BCUT2D eigenvalue weighted by Crippen LogP contribution is 2.33. The Morgan fingerprint density at radius 3 is 2.82 bits per heavy atom. The number of aryl methyl sites for hydroxylation is 1. The summed E-state index contributed by atoms with van der Waals surface area (Å²) in [6.45, 7) is 4.91. The van der Waals surface area contributed by atoms with E-state index in [-0.39, 0.29) is 12.0 Å². The van der Waals surface area contributed by atoms with Crippen molar-refractivity contribution >= 4 is 5.82 Å². The Morgan fingerprint density at radius 1 is 1.18 bits per heavy atom. The third kappa shape index (κ3) is 2.97. The number of anilines is 1. The van der Waals surface area contributed by atoms with Crippen LogP contribution in [0.1, 0.15) is 31.4 Å². The van der Waals surface area contributed by atoms with E-state index in [9.17, 15) is 5.11 Å². The third-order valence-electron chi connectivity index (χ3n) is 4.25. The molecule has 0 atom stereocenters. The van der Waals surface area contributed by atoms with Gasteiger partial charge in [0.1, 0.15) is 12.1 Å². The molecule has 1 aromatic carbocycles. The van der Waals surface area contributed by atoms with E-state index >= 15 is 0 Å². The molecule has 116 valence electrons. The molecule has 0 spiro atoms. The molecule has 0 radical (unpaired) electrons. The predicted molar refractivity (Wildman–Crippen MR) is 88.8 cm³/mol. The van der Waals surface area contributed by atoms with Crippen LogP contribution in [0, 0.1) is 5.41 Å². The summed E-state index contributed by atoms with van der Waals surface area (Å²) in [6, 6.07) is 8.49. The van der Waals surface area contributed by atoms with Crippen molar-refractivity contribution in [2.45, 2.75) is 33.1 Å². The van der Waals surface area contributed by atoms with Gasteiger partial charge in [0.2, 0.25) is 0 Å². The summed E-state index contributed by atoms with van der Waals surface area (Å²) in [5, 5.41) is 12.8. The van der Waals surface area contributed by atoms with Gasteiger partial charge >= 0.3 is 0 Å². The molecule has 4 heteroatoms. The molecule has 2 N–H and O–H groups in total. The van der Waals surface area contributed by atoms with Crippen LogP contribution in [0.4, 0.5) is 5.82 Å². The van der Waals surface area contributed by atoms with Crippen LogP contribution >= 0.6 is 0 Å². The number of fused-ring (bicyclic) bond motifs is 3. The van der Waals surface area contributed by atoms with Crippen LogP contribution < -0.4 is 5.32 Å². The Morgan fingerprint density at radius 2 is 2.00 bits per heavy atom. The largest absolute Gasteiger partial charge is 0.396 e. The Balaban J connectivity index is 1.97. The fourth-order valence-corrected chi connectivity index (χ4v) is 2.84. The molecule has 3 rings (SSSR count). The molecular formula is C18H23N3O. The molecule has 0 saturated heterocycles. The fourth-order valence-electron chi connectivity index (χ4n) is 2.84. The molecule has 4 nitrogen and oxygen atoms in total. The molecule has 2 aromatic rings. The van der Waals surface area contributed by atoms with Crippen molar-refractivity contribution in [3.63, 3.8) is 0 Å². The predicted octanol–water partition coefficient (Wildman–Crippen LogP) is 3.06. The molecule has 0 unspecified atom stereocenters. The van der Waals surface area contributed by atoms with Crippen molar-refractivity contribution < 1.29 is 5.11 Å². The molecule has 1 aliphatic rings. The molecule has 0 bridgehead atoms. The topological polar surface area (TPSA) is 58.0 Å². The monoisotopic (exact) mass is 297 g/mol. The number of aliphatic hydroxyl groups is 1. The van der Waals surface area contributed by atoms with Gasteiger partial charge in [-0.25, -0.2) is 9.97 Å². The number of hydrogen-bond donors (Lipinski definition) is 2. The second-order valence-electron chi connectivity index (χ2n) is 6.74. The zero-order chi connectivity index (χ0) is 15.6. The standard InChI is InChI=1S/C18H23N3O/c1-18(2,11-22)10-19-17-15-9-5-7-13-6-3-4-8-14(13)16(15)20-12-21-17/h3-4,6,8,12,22H,5,7,9-11H2,1-2H3,(H,19,20,21). The van der Waals surface area contributed by atoms with E-state index in [1.807, 2.05) is 13.8 Å². The summed E-state index contributed by atoms with van der Waals surface area (Å²) in [5.41, 5.74) is 4.66. The van der Waals surface area contributed by atoms with Gasteiger partial charge in [-0.1, -0.05) is 38.1 Å². The van der Waals surface area contributed by atoms with Gasteiger partial charge in [0.05, 0.1) is 5.69 Å². The first-order valence-corrected chi connectivity index (χ1v) is 7.87. The first-order chi connectivity index (χ1) is 10.6. The quantitative estimate of drug-likeness (QED) is 0.910. The molecule has 0 saturated carbocycles. The molecule has 0 amide bonds. The van der Waals surface area contributed by atoms with E-state index in [1.54, 1.807) is 6.33 Å². The lowest BCUT2D eigenvalue weighted by molar-refractivity contribution is 0.170. The Hall–Kier alpha value is -1.94. The van der Waals surface area contributed by atoms with Gasteiger partial charge in [-0.05, 0) is 24.8 Å². The second kappa shape index (κ2) is 6.05. The first-order valence-electron chi connectivity index (χ1n) is 7.87. The molecule has 1 aromatic heterocycles. The fraction of sp³-hybridized carbons (Fsp3) is 0.444. The maximum absolute atomic E-state index is 9.41. The van der Waals surface area contributed by atoms with Crippen LogP contribution in [-0.4, -0.2) is 28.2 Å². The number of aromatic nitrogens is 2. The number of nitrogens with zero attached hydrogens (tertiary/aromatic N) is 2. The number of rotatable bonds is 4. The van der Waals surface area contributed by atoms with Crippen molar-refractivity contribution in [2.75, 3.05) is 18.5 Å². The highest BCUT2D eigenvalue weighted by atomic mass is 16.3. The van der Waals surface area contributed by atoms with Gasteiger partial charge in [-0.15, -0.1) is 0 Å². The number of hydrogen-bond acceptors (Lipinski definition) is 4. The van der Waals surface area contributed by atoms with E-state index in [4.69, 9.17) is 0 Å². The average Bonchev–Trinajstić information content (AvgIpc) is 2.73. The van der Waals surface area contributed by atoms with Crippen molar-refractivity contribution in [1.29, 1.82) is 0 Å². The van der Waals surface area contributed by atoms with Gasteiger partial charge in [0.25, 0.3) is 0 Å². The minimum Gasteiger partial charge on any atom is -0.396 e. The maximum atomic E-state index is 9.41. The Labute approximate surface area is 131 Å². The summed E-state index contributed by atoms with van der Waals surface area (Å²) in [7, 11) is 0. The van der Waals surface area contributed by atoms with E-state index in [0.717, 1.165) is 30.8 Å². The highest BCUT2D eigenvalue weighted by molar-refractivity contribution is 5.72. The lowest BCUT2D eigenvalue weighted by Gasteiger charge is -2.23. The normalized spacial score (nSPS) is 14.0. The lowest BCUT2D eigenvalue weighted by Crippen LogP contribution is -2.27. The summed E-state index contributed by atoms with van der Waals surface area (Å²) >= 11 is 0. The number of aliphatic hydroxyl groups excluding tert-OH is 1. The molecule has 0 aliphatic heterocycles. The van der Waals surface area contributed by atoms with Gasteiger partial charge in [-0.3, -0.25) is 0 Å². The minimum atomic E-state index is -0.166. The highest BCUT2D eigenvalue weighted by Gasteiger charge is 2.21. The Bertz CT molecular complexity index is 667. The van der Waals surface area contributed by atoms with Crippen molar-refractivity contribution in [1.82, 2.24) is 9.97 Å². The molecule has 1 heterocycles. The maximum Gasteiger partial charge on any atom is 0.133 e. The van der Waals surface area contributed by atoms with Gasteiger partial charge in [0.15, 0.2) is 0 Å². The SMILES string of the molecule is CC(C)(CO)CNc1ncnc2c1CCCc1ccccc1-2. The summed E-state index contributed by atoms with van der Waals surface area (Å²) in [4.78, 5) is 8.99. The average molecular weight is 297 g/mol. The summed E-state index contributed by atoms with van der Waals surface area (Å²) in [5.74, 6) is 0.906. The molecule has 1 aliphatic carbocycles. The number of nitrogens with one attached hydrogen (secondary N) is 1. The van der Waals surface area contributed by atoms with Crippen LogP contribution in [0.25, 0.3) is 11.3 Å². The minimum absolute atomic E-state index is 0.149. The van der Waals surface area contributed by atoms with Crippen LogP contribution in [0.2, 0.25) is 0 Å². The zero-order valence-electron chi connectivity index (χ0n) is 13.3. The van der Waals surface area contributed by atoms with Gasteiger partial charge in [0, 0.05) is 29.7 Å². The third-order valence-corrected chi connectivity index (χ3v) is 4.25. The smallest absolute Gasteiger partial charge is 0.133 e. The van der Waals surface area contributed by atoms with Crippen LogP contribution in [0.15, 0.2) is 30.6 Å². The van der Waals surface area contributed by atoms with Crippen LogP contribution in [0.5, 0.6) is 0 Å². The molecule has 22 heavy (non-hydrogen) atoms. The van der Waals surface area contributed by atoms with Crippen LogP contribution in [-0.2, 0) is 12.8 Å². The van der Waals surface area contributed by atoms with E-state index in [1.165, 1.54) is 16.7 Å².